The first kappa shape index (κ1) is 11.6. The summed E-state index contributed by atoms with van der Waals surface area (Å²) >= 11 is 0. The fraction of sp³-hybridized carbons (Fsp3) is 0.200. The van der Waals surface area contributed by atoms with Crippen molar-refractivity contribution in [3.8, 4) is 5.75 Å². The molecule has 0 saturated heterocycles. The molecule has 0 unspecified atom stereocenters. The minimum atomic E-state index is -0.229. The fourth-order valence-corrected chi connectivity index (χ4v) is 1.61. The standard InChI is InChI=1S/C15H15FO/c1-2-12-6-8-15(9-7-12)17-11-13-4-3-5-14(16)10-13/h3-10H,2,11H2,1H3. The summed E-state index contributed by atoms with van der Waals surface area (Å²) in [4.78, 5) is 0. The molecular weight excluding hydrogens is 215 g/mol. The second kappa shape index (κ2) is 5.48. The second-order valence-corrected chi connectivity index (χ2v) is 3.92. The van der Waals surface area contributed by atoms with E-state index in [1.54, 1.807) is 6.07 Å². The van der Waals surface area contributed by atoms with Gasteiger partial charge in [-0.25, -0.2) is 4.39 Å². The molecular formula is C15H15FO. The van der Waals surface area contributed by atoms with Gasteiger partial charge in [-0.2, -0.15) is 0 Å². The van der Waals surface area contributed by atoms with Crippen LogP contribution in [-0.2, 0) is 13.0 Å². The Morgan fingerprint density at radius 2 is 1.76 bits per heavy atom. The Morgan fingerprint density at radius 1 is 1.00 bits per heavy atom. The highest BCUT2D eigenvalue weighted by Crippen LogP contribution is 2.14. The smallest absolute Gasteiger partial charge is 0.123 e. The molecule has 0 aliphatic carbocycles. The predicted octanol–water partition coefficient (Wildman–Crippen LogP) is 3.97. The van der Waals surface area contributed by atoms with Crippen molar-refractivity contribution in [1.29, 1.82) is 0 Å². The van der Waals surface area contributed by atoms with Crippen LogP contribution in [0.5, 0.6) is 5.75 Å². The average molecular weight is 230 g/mol. The van der Waals surface area contributed by atoms with Crippen LogP contribution in [0.25, 0.3) is 0 Å². The van der Waals surface area contributed by atoms with Crippen molar-refractivity contribution in [2.45, 2.75) is 20.0 Å². The number of ether oxygens (including phenoxy) is 1. The Kier molecular flexibility index (Phi) is 3.76. The van der Waals surface area contributed by atoms with E-state index < -0.39 is 0 Å². The summed E-state index contributed by atoms with van der Waals surface area (Å²) in [7, 11) is 0. The van der Waals surface area contributed by atoms with Crippen molar-refractivity contribution >= 4 is 0 Å². The molecule has 2 aromatic carbocycles. The van der Waals surface area contributed by atoms with Crippen molar-refractivity contribution < 1.29 is 9.13 Å². The zero-order chi connectivity index (χ0) is 12.1. The number of benzene rings is 2. The fourth-order valence-electron chi connectivity index (χ4n) is 1.61. The lowest BCUT2D eigenvalue weighted by Gasteiger charge is -2.07. The van der Waals surface area contributed by atoms with Gasteiger partial charge in [0, 0.05) is 0 Å². The molecule has 0 heterocycles. The summed E-state index contributed by atoms with van der Waals surface area (Å²) in [6.07, 6.45) is 1.02. The number of hydrogen-bond donors (Lipinski definition) is 0. The summed E-state index contributed by atoms with van der Waals surface area (Å²) in [6.45, 7) is 2.51. The van der Waals surface area contributed by atoms with Gasteiger partial charge < -0.3 is 4.74 Å². The molecule has 0 amide bonds. The third-order valence-electron chi connectivity index (χ3n) is 2.63. The topological polar surface area (TPSA) is 9.23 Å². The molecule has 1 nitrogen and oxygen atoms in total. The average Bonchev–Trinajstić information content (AvgIpc) is 2.37. The Labute approximate surface area is 101 Å². The molecule has 0 aliphatic heterocycles. The van der Waals surface area contributed by atoms with Crippen molar-refractivity contribution in [3.63, 3.8) is 0 Å². The summed E-state index contributed by atoms with van der Waals surface area (Å²) in [5.41, 5.74) is 2.12. The summed E-state index contributed by atoms with van der Waals surface area (Å²) in [5, 5.41) is 0. The van der Waals surface area contributed by atoms with Crippen LogP contribution in [0, 0.1) is 5.82 Å². The van der Waals surface area contributed by atoms with Crippen molar-refractivity contribution in [3.05, 3.63) is 65.5 Å². The largest absolute Gasteiger partial charge is 0.489 e. The zero-order valence-electron chi connectivity index (χ0n) is 9.82. The first-order chi connectivity index (χ1) is 8.28. The minimum absolute atomic E-state index is 0.229. The molecule has 17 heavy (non-hydrogen) atoms. The van der Waals surface area contributed by atoms with Crippen molar-refractivity contribution in [1.82, 2.24) is 0 Å². The maximum atomic E-state index is 12.9. The molecule has 2 heteroatoms. The highest BCUT2D eigenvalue weighted by atomic mass is 19.1. The van der Waals surface area contributed by atoms with E-state index >= 15 is 0 Å². The number of hydrogen-bond acceptors (Lipinski definition) is 1. The van der Waals surface area contributed by atoms with E-state index in [4.69, 9.17) is 4.74 Å². The van der Waals surface area contributed by atoms with E-state index in [0.29, 0.717) is 6.61 Å². The SMILES string of the molecule is CCc1ccc(OCc2cccc(F)c2)cc1. The van der Waals surface area contributed by atoms with E-state index in [0.717, 1.165) is 17.7 Å². The molecule has 0 bridgehead atoms. The number of aryl methyl sites for hydroxylation is 1. The first-order valence-electron chi connectivity index (χ1n) is 5.74. The van der Waals surface area contributed by atoms with Gasteiger partial charge >= 0.3 is 0 Å². The highest BCUT2D eigenvalue weighted by molar-refractivity contribution is 5.27. The maximum absolute atomic E-state index is 12.9. The molecule has 0 spiro atoms. The van der Waals surface area contributed by atoms with Crippen LogP contribution in [0.2, 0.25) is 0 Å². The van der Waals surface area contributed by atoms with E-state index in [1.165, 1.54) is 17.7 Å². The second-order valence-electron chi connectivity index (χ2n) is 3.92. The molecule has 0 fully saturated rings. The summed E-state index contributed by atoms with van der Waals surface area (Å²) < 4.78 is 18.5. The molecule has 2 rings (SSSR count). The first-order valence-corrected chi connectivity index (χ1v) is 5.74. The van der Waals surface area contributed by atoms with Gasteiger partial charge in [-0.1, -0.05) is 31.2 Å². The summed E-state index contributed by atoms with van der Waals surface area (Å²) in [6, 6.07) is 14.4. The third-order valence-corrected chi connectivity index (χ3v) is 2.63. The molecule has 0 aromatic heterocycles. The van der Waals surface area contributed by atoms with Gasteiger partial charge in [0.25, 0.3) is 0 Å². The molecule has 0 atom stereocenters. The van der Waals surface area contributed by atoms with Gasteiger partial charge in [-0.15, -0.1) is 0 Å². The summed E-state index contributed by atoms with van der Waals surface area (Å²) in [5.74, 6) is 0.582. The van der Waals surface area contributed by atoms with E-state index in [2.05, 4.69) is 6.92 Å². The monoisotopic (exact) mass is 230 g/mol. The van der Waals surface area contributed by atoms with Crippen LogP contribution >= 0.6 is 0 Å². The van der Waals surface area contributed by atoms with Gasteiger partial charge in [0.2, 0.25) is 0 Å². The van der Waals surface area contributed by atoms with Gasteiger partial charge in [-0.05, 0) is 41.8 Å². The molecule has 0 N–H and O–H groups in total. The van der Waals surface area contributed by atoms with Crippen LogP contribution in [-0.4, -0.2) is 0 Å². The van der Waals surface area contributed by atoms with Gasteiger partial charge in [0.05, 0.1) is 0 Å². The van der Waals surface area contributed by atoms with Crippen molar-refractivity contribution in [2.75, 3.05) is 0 Å². The van der Waals surface area contributed by atoms with Gasteiger partial charge in [-0.3, -0.25) is 0 Å². The zero-order valence-corrected chi connectivity index (χ0v) is 9.82. The van der Waals surface area contributed by atoms with Crippen LogP contribution in [0.3, 0.4) is 0 Å². The third kappa shape index (κ3) is 3.31. The molecule has 0 aliphatic rings. The molecule has 88 valence electrons. The quantitative estimate of drug-likeness (QED) is 0.772. The maximum Gasteiger partial charge on any atom is 0.123 e. The lowest BCUT2D eigenvalue weighted by Crippen LogP contribution is -1.95. The van der Waals surface area contributed by atoms with Crippen LogP contribution < -0.4 is 4.74 Å². The number of rotatable bonds is 4. The Morgan fingerprint density at radius 3 is 2.41 bits per heavy atom. The lowest BCUT2D eigenvalue weighted by molar-refractivity contribution is 0.305. The Bertz CT molecular complexity index is 477. The number of halogens is 1. The molecule has 2 aromatic rings. The highest BCUT2D eigenvalue weighted by Gasteiger charge is 1.97. The van der Waals surface area contributed by atoms with Crippen LogP contribution in [0.15, 0.2) is 48.5 Å². The normalized spacial score (nSPS) is 10.2. The molecule has 0 radical (unpaired) electrons. The minimum Gasteiger partial charge on any atom is -0.489 e. The van der Waals surface area contributed by atoms with Gasteiger partial charge in [0.1, 0.15) is 18.2 Å². The van der Waals surface area contributed by atoms with Crippen molar-refractivity contribution in [2.24, 2.45) is 0 Å². The van der Waals surface area contributed by atoms with E-state index in [9.17, 15) is 4.39 Å². The van der Waals surface area contributed by atoms with E-state index in [-0.39, 0.29) is 5.82 Å². The van der Waals surface area contributed by atoms with E-state index in [1.807, 2.05) is 30.3 Å². The van der Waals surface area contributed by atoms with Crippen LogP contribution in [0.1, 0.15) is 18.1 Å². The van der Waals surface area contributed by atoms with Gasteiger partial charge in [0.15, 0.2) is 0 Å². The lowest BCUT2D eigenvalue weighted by atomic mass is 10.2. The van der Waals surface area contributed by atoms with Crippen LogP contribution in [0.4, 0.5) is 4.39 Å². The predicted molar refractivity (Wildman–Crippen MR) is 66.6 cm³/mol. The Balaban J connectivity index is 1.97. The Hall–Kier alpha value is -1.83. The molecule has 0 saturated carbocycles.